The highest BCUT2D eigenvalue weighted by atomic mass is 19.1. The van der Waals surface area contributed by atoms with Gasteiger partial charge in [-0.05, 0) is 36.6 Å². The van der Waals surface area contributed by atoms with Crippen LogP contribution in [0, 0.1) is 5.82 Å². The number of carbonyl (C=O) groups excluding carboxylic acids is 1. The van der Waals surface area contributed by atoms with Crippen LogP contribution in [0.3, 0.4) is 0 Å². The summed E-state index contributed by atoms with van der Waals surface area (Å²) in [6, 6.07) is 4.27. The molecule has 1 aromatic rings. The molecule has 86 valence electrons. The number of anilines is 1. The molecule has 1 fully saturated rings. The Labute approximate surface area is 94.0 Å². The summed E-state index contributed by atoms with van der Waals surface area (Å²) in [7, 11) is 0. The minimum absolute atomic E-state index is 0.134. The van der Waals surface area contributed by atoms with Gasteiger partial charge in [-0.25, -0.2) is 4.39 Å². The topological polar surface area (TPSA) is 46.3 Å². The van der Waals surface area contributed by atoms with Crippen LogP contribution in [0.2, 0.25) is 0 Å². The van der Waals surface area contributed by atoms with Gasteiger partial charge in [-0.3, -0.25) is 4.79 Å². The molecule has 0 spiro atoms. The Morgan fingerprint density at radius 2 is 2.19 bits per heavy atom. The number of likely N-dealkylation sites (tertiary alicyclic amines) is 1. The number of amides is 1. The average Bonchev–Trinajstić information content (AvgIpc) is 2.27. The molecule has 0 aliphatic carbocycles. The van der Waals surface area contributed by atoms with Crippen LogP contribution in [0.1, 0.15) is 24.8 Å². The molecule has 1 heterocycles. The minimum Gasteiger partial charge on any atom is -0.398 e. The molecule has 0 unspecified atom stereocenters. The van der Waals surface area contributed by atoms with Gasteiger partial charge >= 0.3 is 0 Å². The second-order valence-corrected chi connectivity index (χ2v) is 4.12. The van der Waals surface area contributed by atoms with Crippen LogP contribution < -0.4 is 5.73 Å². The van der Waals surface area contributed by atoms with E-state index < -0.39 is 0 Å². The van der Waals surface area contributed by atoms with E-state index in [1.165, 1.54) is 12.1 Å². The first-order valence-corrected chi connectivity index (χ1v) is 5.48. The predicted octanol–water partition coefficient (Wildman–Crippen LogP) is 1.92. The van der Waals surface area contributed by atoms with Crippen molar-refractivity contribution in [2.24, 2.45) is 0 Å². The molecular formula is C12H15FN2O. The highest BCUT2D eigenvalue weighted by molar-refractivity contribution is 5.77. The van der Waals surface area contributed by atoms with Crippen molar-refractivity contribution >= 4 is 11.6 Å². The maximum Gasteiger partial charge on any atom is 0.222 e. The van der Waals surface area contributed by atoms with E-state index in [1.54, 1.807) is 11.0 Å². The number of halogens is 1. The largest absolute Gasteiger partial charge is 0.398 e. The Morgan fingerprint density at radius 1 is 1.38 bits per heavy atom. The van der Waals surface area contributed by atoms with Crippen LogP contribution in [0.5, 0.6) is 0 Å². The molecule has 0 saturated carbocycles. The van der Waals surface area contributed by atoms with Crippen LogP contribution in [0.4, 0.5) is 10.1 Å². The fourth-order valence-electron chi connectivity index (χ4n) is 1.95. The van der Waals surface area contributed by atoms with E-state index in [0.29, 0.717) is 24.2 Å². The van der Waals surface area contributed by atoms with Gasteiger partial charge in [0.25, 0.3) is 0 Å². The molecule has 0 aromatic heterocycles. The van der Waals surface area contributed by atoms with E-state index in [9.17, 15) is 9.18 Å². The zero-order chi connectivity index (χ0) is 11.5. The molecule has 2 rings (SSSR count). The van der Waals surface area contributed by atoms with Crippen molar-refractivity contribution in [2.75, 3.05) is 12.3 Å². The molecule has 2 N–H and O–H groups in total. The molecule has 1 aliphatic heterocycles. The number of piperidine rings is 1. The van der Waals surface area contributed by atoms with Gasteiger partial charge in [0.15, 0.2) is 0 Å². The number of rotatable bonds is 2. The summed E-state index contributed by atoms with van der Waals surface area (Å²) < 4.78 is 13.0. The zero-order valence-corrected chi connectivity index (χ0v) is 9.08. The van der Waals surface area contributed by atoms with Gasteiger partial charge < -0.3 is 10.6 Å². The molecule has 0 bridgehead atoms. The van der Waals surface area contributed by atoms with E-state index in [-0.39, 0.29) is 11.7 Å². The van der Waals surface area contributed by atoms with Crippen molar-refractivity contribution in [3.63, 3.8) is 0 Å². The monoisotopic (exact) mass is 222 g/mol. The Balaban J connectivity index is 2.13. The summed E-state index contributed by atoms with van der Waals surface area (Å²) in [5.41, 5.74) is 6.98. The van der Waals surface area contributed by atoms with Crippen molar-refractivity contribution in [3.05, 3.63) is 29.6 Å². The summed E-state index contributed by atoms with van der Waals surface area (Å²) >= 11 is 0. The summed E-state index contributed by atoms with van der Waals surface area (Å²) in [6.45, 7) is 1.16. The molecular weight excluding hydrogens is 207 g/mol. The van der Waals surface area contributed by atoms with Gasteiger partial charge in [0.2, 0.25) is 5.91 Å². The van der Waals surface area contributed by atoms with Gasteiger partial charge in [0.05, 0.1) is 0 Å². The Hall–Kier alpha value is -1.58. The molecule has 1 saturated heterocycles. The fourth-order valence-corrected chi connectivity index (χ4v) is 1.95. The normalized spacial score (nSPS) is 16.6. The van der Waals surface area contributed by atoms with Crippen LogP contribution >= 0.6 is 0 Å². The first-order valence-electron chi connectivity index (χ1n) is 5.48. The van der Waals surface area contributed by atoms with Crippen molar-refractivity contribution < 1.29 is 9.18 Å². The number of nitrogen functional groups attached to an aromatic ring is 1. The highest BCUT2D eigenvalue weighted by Gasteiger charge is 2.18. The highest BCUT2D eigenvalue weighted by Crippen LogP contribution is 2.19. The maximum atomic E-state index is 13.0. The number of nitrogens with two attached hydrogens (primary N) is 1. The molecule has 0 radical (unpaired) electrons. The van der Waals surface area contributed by atoms with Crippen LogP contribution in [-0.2, 0) is 11.3 Å². The SMILES string of the molecule is Nc1ccc(F)cc1CN1CCCCC1=O. The van der Waals surface area contributed by atoms with Gasteiger partial charge in [-0.2, -0.15) is 0 Å². The standard InChI is InChI=1S/C12H15FN2O/c13-10-4-5-11(14)9(7-10)8-15-6-2-1-3-12(15)16/h4-5,7H,1-3,6,8,14H2. The van der Waals surface area contributed by atoms with E-state index in [1.807, 2.05) is 0 Å². The number of hydrogen-bond acceptors (Lipinski definition) is 2. The Morgan fingerprint density at radius 3 is 2.94 bits per heavy atom. The molecule has 1 aromatic carbocycles. The lowest BCUT2D eigenvalue weighted by Gasteiger charge is -2.27. The summed E-state index contributed by atoms with van der Waals surface area (Å²) in [6.07, 6.45) is 2.56. The van der Waals surface area contributed by atoms with Crippen molar-refractivity contribution in [1.82, 2.24) is 4.90 Å². The third-order valence-electron chi connectivity index (χ3n) is 2.89. The maximum absolute atomic E-state index is 13.0. The summed E-state index contributed by atoms with van der Waals surface area (Å²) in [5.74, 6) is -0.177. The number of nitrogens with zero attached hydrogens (tertiary/aromatic N) is 1. The third-order valence-corrected chi connectivity index (χ3v) is 2.89. The second-order valence-electron chi connectivity index (χ2n) is 4.12. The van der Waals surface area contributed by atoms with Gasteiger partial charge in [-0.1, -0.05) is 0 Å². The van der Waals surface area contributed by atoms with Gasteiger partial charge in [-0.15, -0.1) is 0 Å². The molecule has 3 nitrogen and oxygen atoms in total. The summed E-state index contributed by atoms with van der Waals surface area (Å²) in [5, 5.41) is 0. The fraction of sp³-hybridized carbons (Fsp3) is 0.417. The van der Waals surface area contributed by atoms with Gasteiger partial charge in [0, 0.05) is 25.2 Å². The number of hydrogen-bond donors (Lipinski definition) is 1. The van der Waals surface area contributed by atoms with Crippen molar-refractivity contribution in [2.45, 2.75) is 25.8 Å². The van der Waals surface area contributed by atoms with E-state index in [4.69, 9.17) is 5.73 Å². The Bertz CT molecular complexity index is 406. The third kappa shape index (κ3) is 2.32. The predicted molar refractivity (Wildman–Crippen MR) is 60.1 cm³/mol. The molecule has 1 aliphatic rings. The van der Waals surface area contributed by atoms with E-state index in [2.05, 4.69) is 0 Å². The first kappa shape index (κ1) is 10.9. The lowest BCUT2D eigenvalue weighted by Crippen LogP contribution is -2.34. The smallest absolute Gasteiger partial charge is 0.222 e. The van der Waals surface area contributed by atoms with Crippen LogP contribution in [0.15, 0.2) is 18.2 Å². The minimum atomic E-state index is -0.311. The van der Waals surface area contributed by atoms with E-state index in [0.717, 1.165) is 19.4 Å². The van der Waals surface area contributed by atoms with E-state index >= 15 is 0 Å². The molecule has 1 amide bonds. The molecule has 16 heavy (non-hydrogen) atoms. The van der Waals surface area contributed by atoms with Crippen molar-refractivity contribution in [1.29, 1.82) is 0 Å². The first-order chi connectivity index (χ1) is 7.66. The average molecular weight is 222 g/mol. The lowest BCUT2D eigenvalue weighted by molar-refractivity contribution is -0.133. The number of carbonyl (C=O) groups is 1. The zero-order valence-electron chi connectivity index (χ0n) is 9.08. The molecule has 0 atom stereocenters. The quantitative estimate of drug-likeness (QED) is 0.777. The van der Waals surface area contributed by atoms with Crippen molar-refractivity contribution in [3.8, 4) is 0 Å². The van der Waals surface area contributed by atoms with Crippen LogP contribution in [0.25, 0.3) is 0 Å². The second kappa shape index (κ2) is 4.51. The van der Waals surface area contributed by atoms with Crippen LogP contribution in [-0.4, -0.2) is 17.4 Å². The molecule has 4 heteroatoms. The Kier molecular flexibility index (Phi) is 3.08. The number of benzene rings is 1. The van der Waals surface area contributed by atoms with Gasteiger partial charge in [0.1, 0.15) is 5.82 Å². The lowest BCUT2D eigenvalue weighted by atomic mass is 10.1. The summed E-state index contributed by atoms with van der Waals surface area (Å²) in [4.78, 5) is 13.3.